The highest BCUT2D eigenvalue weighted by molar-refractivity contribution is 5.91. The van der Waals surface area contributed by atoms with Crippen LogP contribution < -0.4 is 10.1 Å². The summed E-state index contributed by atoms with van der Waals surface area (Å²) in [5, 5.41) is 10.1. The second-order valence-corrected chi connectivity index (χ2v) is 6.63. The normalized spacial score (nSPS) is 15.9. The van der Waals surface area contributed by atoms with E-state index in [1.54, 1.807) is 7.11 Å². The van der Waals surface area contributed by atoms with Gasteiger partial charge in [0.2, 0.25) is 5.91 Å². The molecule has 1 fully saturated rings. The molecule has 2 N–H and O–H groups in total. The van der Waals surface area contributed by atoms with Gasteiger partial charge in [0.05, 0.1) is 12.8 Å². The average molecular weight is 342 g/mol. The highest BCUT2D eigenvalue weighted by atomic mass is 16.5. The third kappa shape index (κ3) is 4.60. The van der Waals surface area contributed by atoms with Gasteiger partial charge in [0, 0.05) is 17.5 Å². The Morgan fingerprint density at radius 3 is 2.92 bits per heavy atom. The molecule has 2 heterocycles. The van der Waals surface area contributed by atoms with Crippen LogP contribution in [0.15, 0.2) is 30.3 Å². The Labute approximate surface area is 148 Å². The zero-order valence-electron chi connectivity index (χ0n) is 14.9. The molecule has 1 atom stereocenters. The first-order valence-corrected chi connectivity index (χ1v) is 8.89. The van der Waals surface area contributed by atoms with Crippen LogP contribution in [-0.4, -0.2) is 47.7 Å². The van der Waals surface area contributed by atoms with Crippen molar-refractivity contribution in [2.24, 2.45) is 5.92 Å². The van der Waals surface area contributed by atoms with Gasteiger partial charge in [0.25, 0.3) is 0 Å². The number of methoxy groups -OCH3 is 1. The molecule has 3 rings (SSSR count). The summed E-state index contributed by atoms with van der Waals surface area (Å²) in [6.07, 6.45) is 3.43. The minimum Gasteiger partial charge on any atom is -0.497 e. The Hall–Kier alpha value is -2.34. The van der Waals surface area contributed by atoms with Gasteiger partial charge in [-0.3, -0.25) is 9.89 Å². The third-order valence-corrected chi connectivity index (χ3v) is 4.73. The molecule has 0 radical (unpaired) electrons. The monoisotopic (exact) mass is 342 g/mol. The number of hydrogen-bond donors (Lipinski definition) is 2. The second kappa shape index (κ2) is 8.16. The van der Waals surface area contributed by atoms with E-state index in [1.807, 2.05) is 37.3 Å². The van der Waals surface area contributed by atoms with Gasteiger partial charge in [0.1, 0.15) is 5.75 Å². The summed E-state index contributed by atoms with van der Waals surface area (Å²) < 4.78 is 5.24. The molecular weight excluding hydrogens is 316 g/mol. The molecule has 1 amide bonds. The molecule has 1 aromatic heterocycles. The van der Waals surface area contributed by atoms with E-state index in [2.05, 4.69) is 20.4 Å². The molecule has 25 heavy (non-hydrogen) atoms. The predicted molar refractivity (Wildman–Crippen MR) is 98.7 cm³/mol. The third-order valence-electron chi connectivity index (χ3n) is 4.73. The maximum Gasteiger partial charge on any atom is 0.228 e. The van der Waals surface area contributed by atoms with Crippen molar-refractivity contribution in [3.63, 3.8) is 0 Å². The zero-order valence-corrected chi connectivity index (χ0v) is 14.9. The van der Waals surface area contributed by atoms with Crippen molar-refractivity contribution < 1.29 is 9.53 Å². The van der Waals surface area contributed by atoms with E-state index in [0.29, 0.717) is 5.82 Å². The van der Waals surface area contributed by atoms with Crippen LogP contribution in [0, 0.1) is 5.92 Å². The fraction of sp³-hybridized carbons (Fsp3) is 0.474. The highest BCUT2D eigenvalue weighted by Crippen LogP contribution is 2.24. The first kappa shape index (κ1) is 17.5. The highest BCUT2D eigenvalue weighted by Gasteiger charge is 2.18. The van der Waals surface area contributed by atoms with Crippen LogP contribution in [0.5, 0.6) is 5.75 Å². The van der Waals surface area contributed by atoms with Gasteiger partial charge in [-0.05, 0) is 51.0 Å². The fourth-order valence-electron chi connectivity index (χ4n) is 3.09. The van der Waals surface area contributed by atoms with E-state index in [-0.39, 0.29) is 11.8 Å². The van der Waals surface area contributed by atoms with E-state index in [0.717, 1.165) is 43.1 Å². The number of carbonyl (C=O) groups excluding carboxylic acids is 1. The number of nitrogens with zero attached hydrogens (tertiary/aromatic N) is 2. The number of anilines is 1. The van der Waals surface area contributed by atoms with Gasteiger partial charge in [0.15, 0.2) is 5.82 Å². The summed E-state index contributed by atoms with van der Waals surface area (Å²) in [6.45, 7) is 5.29. The molecule has 6 nitrogen and oxygen atoms in total. The van der Waals surface area contributed by atoms with Gasteiger partial charge >= 0.3 is 0 Å². The Bertz CT molecular complexity index is 707. The summed E-state index contributed by atoms with van der Waals surface area (Å²) in [5.41, 5.74) is 1.81. The van der Waals surface area contributed by atoms with Gasteiger partial charge in [-0.25, -0.2) is 0 Å². The number of rotatable bonds is 7. The van der Waals surface area contributed by atoms with Crippen molar-refractivity contribution >= 4 is 11.7 Å². The van der Waals surface area contributed by atoms with Crippen LogP contribution in [0.2, 0.25) is 0 Å². The van der Waals surface area contributed by atoms with Crippen LogP contribution in [0.4, 0.5) is 5.82 Å². The lowest BCUT2D eigenvalue weighted by Gasteiger charge is -2.17. The van der Waals surface area contributed by atoms with Crippen LogP contribution in [0.3, 0.4) is 0 Å². The number of hydrogen-bond acceptors (Lipinski definition) is 4. The van der Waals surface area contributed by atoms with Crippen molar-refractivity contribution in [1.82, 2.24) is 15.1 Å². The molecule has 1 unspecified atom stereocenters. The molecule has 1 aliphatic heterocycles. The molecule has 2 aromatic rings. The topological polar surface area (TPSA) is 70.2 Å². The Balaban J connectivity index is 1.55. The van der Waals surface area contributed by atoms with Crippen LogP contribution >= 0.6 is 0 Å². The predicted octanol–water partition coefficient (Wildman–Crippen LogP) is 3.15. The minimum atomic E-state index is -0.0300. The summed E-state index contributed by atoms with van der Waals surface area (Å²) in [5.74, 6) is 1.32. The van der Waals surface area contributed by atoms with Crippen molar-refractivity contribution in [2.45, 2.75) is 26.2 Å². The van der Waals surface area contributed by atoms with Gasteiger partial charge in [-0.15, -0.1) is 0 Å². The first-order valence-electron chi connectivity index (χ1n) is 8.89. The Morgan fingerprint density at radius 2 is 2.16 bits per heavy atom. The lowest BCUT2D eigenvalue weighted by molar-refractivity contribution is -0.119. The Morgan fingerprint density at radius 1 is 1.36 bits per heavy atom. The number of benzene rings is 1. The Kier molecular flexibility index (Phi) is 5.71. The number of aromatic amines is 1. The van der Waals surface area contributed by atoms with Crippen molar-refractivity contribution in [2.75, 3.05) is 32.1 Å². The molecule has 1 aromatic carbocycles. The van der Waals surface area contributed by atoms with Crippen LogP contribution in [0.1, 0.15) is 26.2 Å². The maximum absolute atomic E-state index is 12.4. The van der Waals surface area contributed by atoms with E-state index >= 15 is 0 Å². The quantitative estimate of drug-likeness (QED) is 0.811. The van der Waals surface area contributed by atoms with Crippen LogP contribution in [0.25, 0.3) is 11.3 Å². The molecule has 0 spiro atoms. The van der Waals surface area contributed by atoms with Gasteiger partial charge < -0.3 is 15.0 Å². The number of H-pyrrole nitrogens is 1. The number of ether oxygens (including phenoxy) is 1. The number of amides is 1. The largest absolute Gasteiger partial charge is 0.497 e. The van der Waals surface area contributed by atoms with E-state index < -0.39 is 0 Å². The van der Waals surface area contributed by atoms with Crippen molar-refractivity contribution in [3.05, 3.63) is 30.3 Å². The smallest absolute Gasteiger partial charge is 0.228 e. The number of carbonyl (C=O) groups is 1. The SMILES string of the molecule is COc1cccc(-c2cc(NC(=O)C(C)CCN3CCCC3)n[nH]2)c1. The molecular formula is C19H26N4O2. The van der Waals surface area contributed by atoms with Crippen molar-refractivity contribution in [1.29, 1.82) is 0 Å². The fourth-order valence-corrected chi connectivity index (χ4v) is 3.09. The molecule has 0 bridgehead atoms. The lowest BCUT2D eigenvalue weighted by atomic mass is 10.1. The molecule has 0 aliphatic carbocycles. The molecule has 1 saturated heterocycles. The minimum absolute atomic E-state index is 0.0166. The standard InChI is InChI=1S/C19H26N4O2/c1-14(8-11-23-9-3-4-10-23)19(24)20-18-13-17(21-22-18)15-6-5-7-16(12-15)25-2/h5-7,12-14H,3-4,8-11H2,1-2H3,(H2,20,21,22,24). The summed E-state index contributed by atoms with van der Waals surface area (Å²) in [4.78, 5) is 14.8. The molecule has 0 saturated carbocycles. The van der Waals surface area contributed by atoms with E-state index in [9.17, 15) is 4.79 Å². The second-order valence-electron chi connectivity index (χ2n) is 6.63. The number of aromatic nitrogens is 2. The summed E-state index contributed by atoms with van der Waals surface area (Å²) >= 11 is 0. The van der Waals surface area contributed by atoms with E-state index in [4.69, 9.17) is 4.74 Å². The number of likely N-dealkylation sites (tertiary alicyclic amines) is 1. The van der Waals surface area contributed by atoms with Crippen LogP contribution in [-0.2, 0) is 4.79 Å². The van der Waals surface area contributed by atoms with Gasteiger partial charge in [-0.2, -0.15) is 5.10 Å². The van der Waals surface area contributed by atoms with Crippen molar-refractivity contribution in [3.8, 4) is 17.0 Å². The zero-order chi connectivity index (χ0) is 17.6. The summed E-state index contributed by atoms with van der Waals surface area (Å²) in [6, 6.07) is 9.57. The van der Waals surface area contributed by atoms with E-state index in [1.165, 1.54) is 12.8 Å². The first-order chi connectivity index (χ1) is 12.2. The maximum atomic E-state index is 12.4. The lowest BCUT2D eigenvalue weighted by Crippen LogP contribution is -2.27. The molecule has 134 valence electrons. The van der Waals surface area contributed by atoms with Gasteiger partial charge in [-0.1, -0.05) is 19.1 Å². The molecule has 1 aliphatic rings. The average Bonchev–Trinajstić information content (AvgIpc) is 3.31. The number of nitrogens with one attached hydrogen (secondary N) is 2. The molecule has 6 heteroatoms. The summed E-state index contributed by atoms with van der Waals surface area (Å²) in [7, 11) is 1.64.